The first-order valence-electron chi connectivity index (χ1n) is 5.87. The summed E-state index contributed by atoms with van der Waals surface area (Å²) in [4.78, 5) is 0. The molecule has 0 saturated carbocycles. The van der Waals surface area contributed by atoms with E-state index < -0.39 is 0 Å². The van der Waals surface area contributed by atoms with Gasteiger partial charge < -0.3 is 11.1 Å². The number of hydrogen-bond donors (Lipinski definition) is 2. The molecule has 2 heteroatoms. The first kappa shape index (κ1) is 11.8. The average Bonchev–Trinajstić information content (AvgIpc) is 2.40. The SMILES string of the molecule is CNCc1ccccc1-c1ccccc1CN. The third-order valence-electron chi connectivity index (χ3n) is 2.91. The van der Waals surface area contributed by atoms with Crippen molar-refractivity contribution in [2.75, 3.05) is 7.05 Å². The van der Waals surface area contributed by atoms with E-state index in [0.29, 0.717) is 6.54 Å². The number of rotatable bonds is 4. The van der Waals surface area contributed by atoms with Crippen LogP contribution in [0, 0.1) is 0 Å². The molecule has 0 aromatic heterocycles. The summed E-state index contributed by atoms with van der Waals surface area (Å²) >= 11 is 0. The van der Waals surface area contributed by atoms with Gasteiger partial charge in [0.2, 0.25) is 0 Å². The zero-order valence-electron chi connectivity index (χ0n) is 10.1. The third-order valence-corrected chi connectivity index (χ3v) is 2.91. The molecule has 2 nitrogen and oxygen atoms in total. The standard InChI is InChI=1S/C15H18N2/c1-17-11-13-7-3-5-9-15(13)14-8-4-2-6-12(14)10-16/h2-9,17H,10-11,16H2,1H3. The summed E-state index contributed by atoms with van der Waals surface area (Å²) in [6.07, 6.45) is 0. The fourth-order valence-electron chi connectivity index (χ4n) is 2.09. The highest BCUT2D eigenvalue weighted by Crippen LogP contribution is 2.26. The Morgan fingerprint density at radius 1 is 0.882 bits per heavy atom. The normalized spacial score (nSPS) is 10.5. The van der Waals surface area contributed by atoms with Crippen LogP contribution in [0.1, 0.15) is 11.1 Å². The molecule has 0 bridgehead atoms. The average molecular weight is 226 g/mol. The Hall–Kier alpha value is -1.64. The Balaban J connectivity index is 2.52. The van der Waals surface area contributed by atoms with Gasteiger partial charge in [-0.1, -0.05) is 48.5 Å². The van der Waals surface area contributed by atoms with Gasteiger partial charge in [0.25, 0.3) is 0 Å². The van der Waals surface area contributed by atoms with E-state index in [9.17, 15) is 0 Å². The molecule has 0 unspecified atom stereocenters. The molecule has 3 N–H and O–H groups in total. The minimum atomic E-state index is 0.573. The van der Waals surface area contributed by atoms with Crippen LogP contribution in [0.3, 0.4) is 0 Å². The minimum Gasteiger partial charge on any atom is -0.326 e. The van der Waals surface area contributed by atoms with Crippen LogP contribution in [0.4, 0.5) is 0 Å². The Bertz CT molecular complexity index is 492. The summed E-state index contributed by atoms with van der Waals surface area (Å²) in [5.74, 6) is 0. The fourth-order valence-corrected chi connectivity index (χ4v) is 2.09. The lowest BCUT2D eigenvalue weighted by Gasteiger charge is -2.12. The van der Waals surface area contributed by atoms with Gasteiger partial charge in [0.05, 0.1) is 0 Å². The molecule has 0 fully saturated rings. The topological polar surface area (TPSA) is 38.0 Å². The molecule has 2 aromatic carbocycles. The van der Waals surface area contributed by atoms with Crippen molar-refractivity contribution in [3.05, 3.63) is 59.7 Å². The predicted molar refractivity (Wildman–Crippen MR) is 72.5 cm³/mol. The summed E-state index contributed by atoms with van der Waals surface area (Å²) in [5.41, 5.74) is 10.8. The largest absolute Gasteiger partial charge is 0.326 e. The van der Waals surface area contributed by atoms with Crippen molar-refractivity contribution in [3.63, 3.8) is 0 Å². The maximum absolute atomic E-state index is 5.80. The highest BCUT2D eigenvalue weighted by molar-refractivity contribution is 5.70. The van der Waals surface area contributed by atoms with E-state index in [-0.39, 0.29) is 0 Å². The Morgan fingerprint density at radius 3 is 2.00 bits per heavy atom. The second-order valence-corrected chi connectivity index (χ2v) is 4.05. The fraction of sp³-hybridized carbons (Fsp3) is 0.200. The third kappa shape index (κ3) is 2.54. The first-order chi connectivity index (χ1) is 8.36. The molecule has 2 aromatic rings. The molecule has 0 aliphatic carbocycles. The summed E-state index contributed by atoms with van der Waals surface area (Å²) < 4.78 is 0. The number of benzene rings is 2. The van der Waals surface area contributed by atoms with E-state index in [1.807, 2.05) is 13.1 Å². The second kappa shape index (κ2) is 5.62. The van der Waals surface area contributed by atoms with Crippen molar-refractivity contribution < 1.29 is 0 Å². The van der Waals surface area contributed by atoms with Crippen molar-refractivity contribution in [2.45, 2.75) is 13.1 Å². The molecule has 17 heavy (non-hydrogen) atoms. The maximum Gasteiger partial charge on any atom is 0.0208 e. The molecule has 0 spiro atoms. The molecule has 88 valence electrons. The molecular formula is C15H18N2. The Labute approximate surface area is 102 Å². The van der Waals surface area contributed by atoms with E-state index in [4.69, 9.17) is 5.73 Å². The van der Waals surface area contributed by atoms with Crippen molar-refractivity contribution in [2.24, 2.45) is 5.73 Å². The van der Waals surface area contributed by atoms with Gasteiger partial charge in [-0.05, 0) is 29.3 Å². The lowest BCUT2D eigenvalue weighted by atomic mass is 9.95. The van der Waals surface area contributed by atoms with Gasteiger partial charge in [-0.3, -0.25) is 0 Å². The summed E-state index contributed by atoms with van der Waals surface area (Å²) in [5, 5.41) is 3.20. The van der Waals surface area contributed by atoms with Gasteiger partial charge in [-0.25, -0.2) is 0 Å². The number of nitrogens with two attached hydrogens (primary N) is 1. The van der Waals surface area contributed by atoms with Gasteiger partial charge >= 0.3 is 0 Å². The van der Waals surface area contributed by atoms with Crippen LogP contribution in [-0.4, -0.2) is 7.05 Å². The van der Waals surface area contributed by atoms with Crippen LogP contribution >= 0.6 is 0 Å². The van der Waals surface area contributed by atoms with Gasteiger partial charge in [-0.15, -0.1) is 0 Å². The van der Waals surface area contributed by atoms with Crippen LogP contribution in [0.5, 0.6) is 0 Å². The van der Waals surface area contributed by atoms with Crippen molar-refractivity contribution >= 4 is 0 Å². The van der Waals surface area contributed by atoms with Crippen LogP contribution in [0.15, 0.2) is 48.5 Å². The summed E-state index contributed by atoms with van der Waals surface area (Å²) in [6, 6.07) is 16.8. The molecule has 0 aliphatic heterocycles. The van der Waals surface area contributed by atoms with Crippen LogP contribution in [0.2, 0.25) is 0 Å². The number of nitrogens with one attached hydrogen (secondary N) is 1. The molecule has 0 aliphatic rings. The zero-order valence-corrected chi connectivity index (χ0v) is 10.1. The van der Waals surface area contributed by atoms with Gasteiger partial charge in [-0.2, -0.15) is 0 Å². The molecule has 0 atom stereocenters. The lowest BCUT2D eigenvalue weighted by Crippen LogP contribution is -2.07. The van der Waals surface area contributed by atoms with Crippen LogP contribution < -0.4 is 11.1 Å². The second-order valence-electron chi connectivity index (χ2n) is 4.05. The van der Waals surface area contributed by atoms with E-state index in [0.717, 1.165) is 6.54 Å². The smallest absolute Gasteiger partial charge is 0.0208 e. The summed E-state index contributed by atoms with van der Waals surface area (Å²) in [6.45, 7) is 1.44. The highest BCUT2D eigenvalue weighted by Gasteiger charge is 2.06. The zero-order chi connectivity index (χ0) is 12.1. The van der Waals surface area contributed by atoms with E-state index >= 15 is 0 Å². The van der Waals surface area contributed by atoms with Crippen molar-refractivity contribution in [3.8, 4) is 11.1 Å². The predicted octanol–water partition coefficient (Wildman–Crippen LogP) is 2.53. The molecular weight excluding hydrogens is 208 g/mol. The Kier molecular flexibility index (Phi) is 3.91. The summed E-state index contributed by atoms with van der Waals surface area (Å²) in [7, 11) is 1.96. The van der Waals surface area contributed by atoms with E-state index in [1.54, 1.807) is 0 Å². The van der Waals surface area contributed by atoms with Gasteiger partial charge in [0, 0.05) is 13.1 Å². The molecule has 0 amide bonds. The minimum absolute atomic E-state index is 0.573. The van der Waals surface area contributed by atoms with Crippen molar-refractivity contribution in [1.82, 2.24) is 5.32 Å². The maximum atomic E-state index is 5.80. The van der Waals surface area contributed by atoms with Gasteiger partial charge in [0.15, 0.2) is 0 Å². The molecule has 0 heterocycles. The van der Waals surface area contributed by atoms with Gasteiger partial charge in [0.1, 0.15) is 0 Å². The van der Waals surface area contributed by atoms with Crippen LogP contribution in [0.25, 0.3) is 11.1 Å². The van der Waals surface area contributed by atoms with Crippen molar-refractivity contribution in [1.29, 1.82) is 0 Å². The molecule has 0 saturated heterocycles. The highest BCUT2D eigenvalue weighted by atomic mass is 14.8. The number of hydrogen-bond acceptors (Lipinski definition) is 2. The molecule has 0 radical (unpaired) electrons. The van der Waals surface area contributed by atoms with E-state index in [2.05, 4.69) is 47.8 Å². The lowest BCUT2D eigenvalue weighted by molar-refractivity contribution is 0.819. The van der Waals surface area contributed by atoms with Crippen LogP contribution in [-0.2, 0) is 13.1 Å². The molecule has 2 rings (SSSR count). The Morgan fingerprint density at radius 2 is 1.41 bits per heavy atom. The quantitative estimate of drug-likeness (QED) is 0.840. The monoisotopic (exact) mass is 226 g/mol. The van der Waals surface area contributed by atoms with E-state index in [1.165, 1.54) is 22.3 Å². The first-order valence-corrected chi connectivity index (χ1v) is 5.87.